The average molecular weight is 308 g/mol. The maximum absolute atomic E-state index is 11.9. The number of aliphatic carboxylic acids is 1. The normalized spacial score (nSPS) is 13.0. The molecule has 0 radical (unpaired) electrons. The van der Waals surface area contributed by atoms with Crippen molar-refractivity contribution >= 4 is 24.0 Å². The van der Waals surface area contributed by atoms with Gasteiger partial charge >= 0.3 is 11.9 Å². The number of aldehydes is 1. The fourth-order valence-corrected chi connectivity index (χ4v) is 1.82. The molecule has 2 N–H and O–H groups in total. The van der Waals surface area contributed by atoms with Crippen LogP contribution in [-0.2, 0) is 19.1 Å². The summed E-state index contributed by atoms with van der Waals surface area (Å²) in [5.74, 6) is -4.07. The van der Waals surface area contributed by atoms with Crippen LogP contribution >= 0.6 is 0 Å². The van der Waals surface area contributed by atoms with Crippen LogP contribution in [-0.4, -0.2) is 46.9 Å². The SMILES string of the molecule is O=CC[C@H](O)[C@H](CC(=O)O)C(=O)COC(=O)c1ccccc1. The topological polar surface area (TPSA) is 118 Å². The number of carboxylic acid groups (broad SMARTS) is 1. The maximum atomic E-state index is 11.9. The second-order valence-electron chi connectivity index (χ2n) is 4.58. The molecule has 0 bridgehead atoms. The molecule has 22 heavy (non-hydrogen) atoms. The third kappa shape index (κ3) is 5.45. The van der Waals surface area contributed by atoms with Gasteiger partial charge in [0.15, 0.2) is 12.4 Å². The molecule has 1 rings (SSSR count). The Bertz CT molecular complexity index is 538. The van der Waals surface area contributed by atoms with Gasteiger partial charge in [-0.1, -0.05) is 18.2 Å². The number of aliphatic hydroxyl groups excluding tert-OH is 1. The van der Waals surface area contributed by atoms with Crippen molar-refractivity contribution in [3.8, 4) is 0 Å². The van der Waals surface area contributed by atoms with Gasteiger partial charge in [-0.25, -0.2) is 4.79 Å². The second kappa shape index (κ2) is 8.68. The van der Waals surface area contributed by atoms with E-state index in [1.807, 2.05) is 0 Å². The molecule has 0 saturated heterocycles. The Hall–Kier alpha value is -2.54. The largest absolute Gasteiger partial charge is 0.481 e. The number of hydrogen-bond acceptors (Lipinski definition) is 6. The van der Waals surface area contributed by atoms with E-state index >= 15 is 0 Å². The average Bonchev–Trinajstić information content (AvgIpc) is 2.50. The van der Waals surface area contributed by atoms with Gasteiger partial charge < -0.3 is 19.7 Å². The first-order chi connectivity index (χ1) is 10.5. The molecule has 0 unspecified atom stereocenters. The number of benzene rings is 1. The Morgan fingerprint density at radius 2 is 1.82 bits per heavy atom. The predicted octanol–water partition coefficient (Wildman–Crippen LogP) is 0.453. The summed E-state index contributed by atoms with van der Waals surface area (Å²) in [6, 6.07) is 7.96. The van der Waals surface area contributed by atoms with E-state index in [-0.39, 0.29) is 12.0 Å². The minimum Gasteiger partial charge on any atom is -0.481 e. The van der Waals surface area contributed by atoms with Crippen LogP contribution in [0.15, 0.2) is 30.3 Å². The second-order valence-corrected chi connectivity index (χ2v) is 4.58. The summed E-state index contributed by atoms with van der Waals surface area (Å²) in [7, 11) is 0. The summed E-state index contributed by atoms with van der Waals surface area (Å²) < 4.78 is 4.80. The van der Waals surface area contributed by atoms with Crippen LogP contribution in [0, 0.1) is 5.92 Å². The van der Waals surface area contributed by atoms with E-state index in [0.717, 1.165) is 0 Å². The summed E-state index contributed by atoms with van der Waals surface area (Å²) >= 11 is 0. The number of Topliss-reactive ketones (excluding diaryl/α,β-unsaturated/α-hetero) is 1. The van der Waals surface area contributed by atoms with Crippen LogP contribution in [0.25, 0.3) is 0 Å². The smallest absolute Gasteiger partial charge is 0.338 e. The molecule has 0 aromatic heterocycles. The molecule has 0 fully saturated rings. The highest BCUT2D eigenvalue weighted by molar-refractivity contribution is 5.93. The van der Waals surface area contributed by atoms with Crippen molar-refractivity contribution in [2.75, 3.05) is 6.61 Å². The van der Waals surface area contributed by atoms with Crippen molar-refractivity contribution in [2.45, 2.75) is 18.9 Å². The highest BCUT2D eigenvalue weighted by atomic mass is 16.5. The third-order valence-electron chi connectivity index (χ3n) is 2.97. The first-order valence-electron chi connectivity index (χ1n) is 6.54. The quantitative estimate of drug-likeness (QED) is 0.502. The number of carbonyl (C=O) groups excluding carboxylic acids is 3. The van der Waals surface area contributed by atoms with E-state index in [1.54, 1.807) is 18.2 Å². The summed E-state index contributed by atoms with van der Waals surface area (Å²) in [5.41, 5.74) is 0.249. The zero-order valence-corrected chi connectivity index (χ0v) is 11.7. The lowest BCUT2D eigenvalue weighted by Crippen LogP contribution is -2.33. The van der Waals surface area contributed by atoms with Gasteiger partial charge in [0.2, 0.25) is 0 Å². The lowest BCUT2D eigenvalue weighted by molar-refractivity contribution is -0.144. The van der Waals surface area contributed by atoms with E-state index < -0.39 is 42.8 Å². The maximum Gasteiger partial charge on any atom is 0.338 e. The number of carbonyl (C=O) groups is 4. The van der Waals surface area contributed by atoms with E-state index in [0.29, 0.717) is 6.29 Å². The number of ketones is 1. The molecule has 7 heteroatoms. The van der Waals surface area contributed by atoms with Crippen LogP contribution in [0.4, 0.5) is 0 Å². The van der Waals surface area contributed by atoms with Gasteiger partial charge in [0.1, 0.15) is 6.29 Å². The Kier molecular flexibility index (Phi) is 6.91. The molecular weight excluding hydrogens is 292 g/mol. The van der Waals surface area contributed by atoms with Gasteiger partial charge in [-0.3, -0.25) is 9.59 Å². The molecule has 118 valence electrons. The molecule has 2 atom stereocenters. The number of carboxylic acids is 1. The van der Waals surface area contributed by atoms with E-state index in [2.05, 4.69) is 0 Å². The minimum absolute atomic E-state index is 0.249. The summed E-state index contributed by atoms with van der Waals surface area (Å²) in [6.07, 6.45) is -2.04. The summed E-state index contributed by atoms with van der Waals surface area (Å²) in [4.78, 5) is 44.7. The van der Waals surface area contributed by atoms with Crippen molar-refractivity contribution in [1.82, 2.24) is 0 Å². The monoisotopic (exact) mass is 308 g/mol. The van der Waals surface area contributed by atoms with E-state index in [1.165, 1.54) is 12.1 Å². The molecular formula is C15H16O7. The molecule has 0 amide bonds. The molecule has 0 heterocycles. The van der Waals surface area contributed by atoms with E-state index in [9.17, 15) is 24.3 Å². The van der Waals surface area contributed by atoms with Gasteiger partial charge in [-0.05, 0) is 12.1 Å². The Balaban J connectivity index is 2.64. The summed E-state index contributed by atoms with van der Waals surface area (Å²) in [5, 5.41) is 18.4. The molecule has 1 aromatic rings. The molecule has 0 spiro atoms. The van der Waals surface area contributed by atoms with Crippen LogP contribution in [0.3, 0.4) is 0 Å². The van der Waals surface area contributed by atoms with Crippen molar-refractivity contribution in [1.29, 1.82) is 0 Å². The highest BCUT2D eigenvalue weighted by Gasteiger charge is 2.29. The van der Waals surface area contributed by atoms with Gasteiger partial charge in [-0.2, -0.15) is 0 Å². The number of esters is 1. The van der Waals surface area contributed by atoms with Gasteiger partial charge in [0.05, 0.1) is 24.0 Å². The third-order valence-corrected chi connectivity index (χ3v) is 2.97. The van der Waals surface area contributed by atoms with Crippen LogP contribution < -0.4 is 0 Å². The van der Waals surface area contributed by atoms with Gasteiger partial charge in [-0.15, -0.1) is 0 Å². The van der Waals surface area contributed by atoms with Crippen molar-refractivity contribution in [3.05, 3.63) is 35.9 Å². The Labute approximate surface area is 126 Å². The molecule has 0 aliphatic heterocycles. The lowest BCUT2D eigenvalue weighted by atomic mass is 9.92. The van der Waals surface area contributed by atoms with Gasteiger partial charge in [0, 0.05) is 6.42 Å². The number of rotatable bonds is 9. The zero-order valence-electron chi connectivity index (χ0n) is 11.7. The molecule has 1 aromatic carbocycles. The van der Waals surface area contributed by atoms with Crippen molar-refractivity contribution in [2.24, 2.45) is 5.92 Å². The fourth-order valence-electron chi connectivity index (χ4n) is 1.82. The molecule has 0 saturated carbocycles. The van der Waals surface area contributed by atoms with Crippen LogP contribution in [0.2, 0.25) is 0 Å². The van der Waals surface area contributed by atoms with Crippen LogP contribution in [0.5, 0.6) is 0 Å². The Morgan fingerprint density at radius 3 is 2.36 bits per heavy atom. The minimum atomic E-state index is -1.42. The van der Waals surface area contributed by atoms with E-state index in [4.69, 9.17) is 9.84 Å². The fraction of sp³-hybridized carbons (Fsp3) is 0.333. The zero-order chi connectivity index (χ0) is 16.5. The first kappa shape index (κ1) is 17.5. The first-order valence-corrected chi connectivity index (χ1v) is 6.54. The summed E-state index contributed by atoms with van der Waals surface area (Å²) in [6.45, 7) is -0.665. The van der Waals surface area contributed by atoms with Crippen molar-refractivity contribution < 1.29 is 34.1 Å². The Morgan fingerprint density at radius 1 is 1.18 bits per heavy atom. The predicted molar refractivity (Wildman–Crippen MR) is 74.2 cm³/mol. The van der Waals surface area contributed by atoms with Crippen molar-refractivity contribution in [3.63, 3.8) is 0 Å². The van der Waals surface area contributed by atoms with Gasteiger partial charge in [0.25, 0.3) is 0 Å². The number of ether oxygens (including phenoxy) is 1. The molecule has 7 nitrogen and oxygen atoms in total. The lowest BCUT2D eigenvalue weighted by Gasteiger charge is -2.18. The standard InChI is InChI=1S/C15H16O7/c16-7-6-12(17)11(8-14(19)20)13(18)9-22-15(21)10-4-2-1-3-5-10/h1-5,7,11-12,17H,6,8-9H2,(H,19,20)/t11-,12-/m0/s1. The molecule has 0 aliphatic carbocycles. The molecule has 0 aliphatic rings. The van der Waals surface area contributed by atoms with Crippen LogP contribution in [0.1, 0.15) is 23.2 Å². The highest BCUT2D eigenvalue weighted by Crippen LogP contribution is 2.14. The number of hydrogen-bond donors (Lipinski definition) is 2. The number of aliphatic hydroxyl groups is 1.